The molecule has 0 amide bonds. The largest absolute Gasteiger partial charge is 0.342 e. The maximum absolute atomic E-state index is 13.3. The molecule has 2 aromatic rings. The van der Waals surface area contributed by atoms with Gasteiger partial charge < -0.3 is 10.7 Å². The average Bonchev–Trinajstić information content (AvgIpc) is 2.68. The van der Waals surface area contributed by atoms with E-state index in [9.17, 15) is 4.39 Å². The Morgan fingerprint density at radius 2 is 2.29 bits per heavy atom. The van der Waals surface area contributed by atoms with E-state index in [1.54, 1.807) is 6.07 Å². The summed E-state index contributed by atoms with van der Waals surface area (Å²) < 4.78 is 13.8. The highest BCUT2D eigenvalue weighted by atomic mass is 79.9. The summed E-state index contributed by atoms with van der Waals surface area (Å²) in [6, 6.07) is 3.15. The van der Waals surface area contributed by atoms with Gasteiger partial charge in [0.25, 0.3) is 0 Å². The van der Waals surface area contributed by atoms with E-state index >= 15 is 0 Å². The number of nitrogens with zero attached hydrogens (tertiary/aromatic N) is 1. The van der Waals surface area contributed by atoms with Crippen molar-refractivity contribution in [2.24, 2.45) is 11.7 Å². The molecule has 0 saturated heterocycles. The van der Waals surface area contributed by atoms with Gasteiger partial charge in [-0.25, -0.2) is 9.37 Å². The molecule has 2 rings (SSSR count). The van der Waals surface area contributed by atoms with Crippen molar-refractivity contribution in [3.05, 3.63) is 28.2 Å². The number of halogens is 2. The van der Waals surface area contributed by atoms with Crippen molar-refractivity contribution in [2.45, 2.75) is 19.8 Å². The van der Waals surface area contributed by atoms with Gasteiger partial charge in [-0.1, -0.05) is 6.92 Å². The minimum Gasteiger partial charge on any atom is -0.342 e. The molecular weight excluding hydrogens is 285 g/mol. The minimum absolute atomic E-state index is 0.275. The van der Waals surface area contributed by atoms with Gasteiger partial charge in [0.2, 0.25) is 0 Å². The quantitative estimate of drug-likeness (QED) is 0.912. The van der Waals surface area contributed by atoms with Crippen LogP contribution in [0.15, 0.2) is 16.6 Å². The van der Waals surface area contributed by atoms with Gasteiger partial charge in [0.05, 0.1) is 15.5 Å². The molecule has 0 aliphatic heterocycles. The Kier molecular flexibility index (Phi) is 3.79. The van der Waals surface area contributed by atoms with E-state index in [0.717, 1.165) is 29.7 Å². The summed E-state index contributed by atoms with van der Waals surface area (Å²) in [6.07, 6.45) is 1.83. The number of hydrogen-bond acceptors (Lipinski definition) is 2. The van der Waals surface area contributed by atoms with Gasteiger partial charge >= 0.3 is 0 Å². The van der Waals surface area contributed by atoms with Gasteiger partial charge in [-0.05, 0) is 40.9 Å². The standard InChI is InChI=1S/C12H15BrFN3/c1-7(6-15)2-3-12-16-10-4-8(13)9(14)5-11(10)17-12/h4-5,7H,2-3,6,15H2,1H3,(H,16,17). The van der Waals surface area contributed by atoms with E-state index in [1.807, 2.05) is 0 Å². The van der Waals surface area contributed by atoms with Gasteiger partial charge in [-0.15, -0.1) is 0 Å². The first-order chi connectivity index (χ1) is 8.10. The summed E-state index contributed by atoms with van der Waals surface area (Å²) in [5, 5.41) is 0. The van der Waals surface area contributed by atoms with E-state index < -0.39 is 0 Å². The lowest BCUT2D eigenvalue weighted by Gasteiger charge is -2.05. The van der Waals surface area contributed by atoms with Gasteiger partial charge in [0.15, 0.2) is 0 Å². The first kappa shape index (κ1) is 12.5. The highest BCUT2D eigenvalue weighted by molar-refractivity contribution is 9.10. The highest BCUT2D eigenvalue weighted by Gasteiger charge is 2.08. The molecule has 1 unspecified atom stereocenters. The maximum atomic E-state index is 13.3. The summed E-state index contributed by atoms with van der Waals surface area (Å²) >= 11 is 3.15. The van der Waals surface area contributed by atoms with Gasteiger partial charge in [-0.3, -0.25) is 0 Å². The monoisotopic (exact) mass is 299 g/mol. The molecule has 0 spiro atoms. The zero-order valence-electron chi connectivity index (χ0n) is 9.63. The van der Waals surface area contributed by atoms with Crippen LogP contribution in [-0.4, -0.2) is 16.5 Å². The number of rotatable bonds is 4. The number of H-pyrrole nitrogens is 1. The van der Waals surface area contributed by atoms with Crippen LogP contribution in [0.2, 0.25) is 0 Å². The van der Waals surface area contributed by atoms with E-state index in [4.69, 9.17) is 5.73 Å². The number of aromatic amines is 1. The Labute approximate surface area is 108 Å². The second kappa shape index (κ2) is 5.14. The predicted molar refractivity (Wildman–Crippen MR) is 70.3 cm³/mol. The highest BCUT2D eigenvalue weighted by Crippen LogP contribution is 2.22. The van der Waals surface area contributed by atoms with Crippen molar-refractivity contribution in [1.29, 1.82) is 0 Å². The number of benzene rings is 1. The summed E-state index contributed by atoms with van der Waals surface area (Å²) in [4.78, 5) is 7.56. The molecule has 92 valence electrons. The first-order valence-electron chi connectivity index (χ1n) is 5.64. The second-order valence-electron chi connectivity index (χ2n) is 4.35. The smallest absolute Gasteiger partial charge is 0.139 e. The number of fused-ring (bicyclic) bond motifs is 1. The third-order valence-corrected chi connectivity index (χ3v) is 3.46. The van der Waals surface area contributed by atoms with Crippen LogP contribution in [0.3, 0.4) is 0 Å². The number of aryl methyl sites for hydroxylation is 1. The Balaban J connectivity index is 2.20. The van der Waals surface area contributed by atoms with Crippen LogP contribution in [0.1, 0.15) is 19.2 Å². The zero-order valence-corrected chi connectivity index (χ0v) is 11.2. The van der Waals surface area contributed by atoms with E-state index in [0.29, 0.717) is 16.9 Å². The molecule has 3 nitrogen and oxygen atoms in total. The van der Waals surface area contributed by atoms with Gasteiger partial charge in [0.1, 0.15) is 11.6 Å². The van der Waals surface area contributed by atoms with Crippen LogP contribution in [0.25, 0.3) is 11.0 Å². The molecule has 0 aliphatic carbocycles. The normalized spacial score (nSPS) is 13.2. The molecule has 1 atom stereocenters. The van der Waals surface area contributed by atoms with Crippen molar-refractivity contribution >= 4 is 27.0 Å². The van der Waals surface area contributed by atoms with Crippen LogP contribution in [-0.2, 0) is 6.42 Å². The van der Waals surface area contributed by atoms with Crippen LogP contribution in [0.4, 0.5) is 4.39 Å². The maximum Gasteiger partial charge on any atom is 0.139 e. The molecule has 3 N–H and O–H groups in total. The molecule has 0 saturated carbocycles. The fraction of sp³-hybridized carbons (Fsp3) is 0.417. The van der Waals surface area contributed by atoms with Crippen LogP contribution in [0.5, 0.6) is 0 Å². The van der Waals surface area contributed by atoms with Crippen molar-refractivity contribution < 1.29 is 4.39 Å². The Morgan fingerprint density at radius 3 is 3.00 bits per heavy atom. The molecule has 1 aromatic carbocycles. The Bertz CT molecular complexity index is 485. The summed E-state index contributed by atoms with van der Waals surface area (Å²) in [5.41, 5.74) is 7.09. The van der Waals surface area contributed by atoms with E-state index in [-0.39, 0.29) is 5.82 Å². The average molecular weight is 300 g/mol. The topological polar surface area (TPSA) is 54.7 Å². The number of nitrogens with two attached hydrogens (primary N) is 1. The summed E-state index contributed by atoms with van der Waals surface area (Å²) in [7, 11) is 0. The van der Waals surface area contributed by atoms with Crippen molar-refractivity contribution in [2.75, 3.05) is 6.54 Å². The molecule has 0 fully saturated rings. The van der Waals surface area contributed by atoms with Crippen molar-refractivity contribution in [3.8, 4) is 0 Å². The lowest BCUT2D eigenvalue weighted by Crippen LogP contribution is -2.11. The lowest BCUT2D eigenvalue weighted by molar-refractivity contribution is 0.538. The number of aromatic nitrogens is 2. The van der Waals surface area contributed by atoms with Crippen molar-refractivity contribution in [1.82, 2.24) is 9.97 Å². The summed E-state index contributed by atoms with van der Waals surface area (Å²) in [6.45, 7) is 2.79. The van der Waals surface area contributed by atoms with Crippen LogP contribution < -0.4 is 5.73 Å². The van der Waals surface area contributed by atoms with Gasteiger partial charge in [0, 0.05) is 12.5 Å². The number of imidazole rings is 1. The number of hydrogen-bond donors (Lipinski definition) is 2. The first-order valence-corrected chi connectivity index (χ1v) is 6.43. The van der Waals surface area contributed by atoms with Gasteiger partial charge in [-0.2, -0.15) is 0 Å². The summed E-state index contributed by atoms with van der Waals surface area (Å²) in [5.74, 6) is 1.09. The number of nitrogens with one attached hydrogen (secondary N) is 1. The molecular formula is C12H15BrFN3. The fourth-order valence-electron chi connectivity index (χ4n) is 1.68. The Hall–Kier alpha value is -0.940. The molecule has 17 heavy (non-hydrogen) atoms. The van der Waals surface area contributed by atoms with E-state index in [1.165, 1.54) is 6.07 Å². The predicted octanol–water partition coefficient (Wildman–Crippen LogP) is 2.99. The molecule has 0 bridgehead atoms. The lowest BCUT2D eigenvalue weighted by atomic mass is 10.1. The molecule has 0 radical (unpaired) electrons. The second-order valence-corrected chi connectivity index (χ2v) is 5.20. The third kappa shape index (κ3) is 2.84. The molecule has 1 aromatic heterocycles. The Morgan fingerprint density at radius 1 is 1.53 bits per heavy atom. The van der Waals surface area contributed by atoms with Crippen LogP contribution in [0, 0.1) is 11.7 Å². The molecule has 1 heterocycles. The van der Waals surface area contributed by atoms with E-state index in [2.05, 4.69) is 32.8 Å². The zero-order chi connectivity index (χ0) is 12.4. The fourth-order valence-corrected chi connectivity index (χ4v) is 2.01. The molecule has 0 aliphatic rings. The van der Waals surface area contributed by atoms with Crippen LogP contribution >= 0.6 is 15.9 Å². The SMILES string of the molecule is CC(CN)CCc1nc2cc(Br)c(F)cc2[nH]1. The van der Waals surface area contributed by atoms with Crippen molar-refractivity contribution in [3.63, 3.8) is 0 Å². The third-order valence-electron chi connectivity index (χ3n) is 2.85. The minimum atomic E-state index is -0.275. The molecule has 5 heteroatoms.